The van der Waals surface area contributed by atoms with E-state index in [1.54, 1.807) is 51.2 Å². The minimum atomic E-state index is -5.04. The Bertz CT molecular complexity index is 2580. The molecular weight excluding hydrogens is 766 g/mol. The maximum atomic E-state index is 15.4. The third-order valence-corrected chi connectivity index (χ3v) is 10.7. The van der Waals surface area contributed by atoms with Crippen LogP contribution in [0.15, 0.2) is 48.5 Å². The summed E-state index contributed by atoms with van der Waals surface area (Å²) in [4.78, 5) is 18.8. The second kappa shape index (κ2) is 13.5. The number of carbonyl (C=O) groups excluding carboxylic acids is 1. The zero-order valence-electron chi connectivity index (χ0n) is 30.5. The molecule has 3 atom stereocenters. The SMILES string of the molecule is Cn1nc(CS(C)(=O)=O)c2cccc(-c3ccc(C#CC(C)(C)N)nc3[C@@H](CC(=O)Cn3nc(C(F)(F)F)c4c3C(F)(F)[C@@H]3C[C@H]43)Cc3cc(F)cc(F)c3)c21. The number of sulfone groups is 1. The molecule has 0 unspecified atom stereocenters. The Morgan fingerprint density at radius 3 is 2.39 bits per heavy atom. The number of hydrogen-bond donors (Lipinski definition) is 1. The molecule has 2 aliphatic carbocycles. The minimum Gasteiger partial charge on any atom is -0.316 e. The Hall–Kier alpha value is -5.08. The van der Waals surface area contributed by atoms with Crippen LogP contribution in [0, 0.1) is 29.4 Å². The summed E-state index contributed by atoms with van der Waals surface area (Å²) in [5, 5.41) is 8.45. The van der Waals surface area contributed by atoms with Gasteiger partial charge < -0.3 is 5.73 Å². The highest BCUT2D eigenvalue weighted by Gasteiger charge is 2.68. The fraction of sp³-hybridized carbons (Fsp3) is 0.385. The first-order valence-electron chi connectivity index (χ1n) is 17.5. The van der Waals surface area contributed by atoms with E-state index in [1.807, 2.05) is 0 Å². The van der Waals surface area contributed by atoms with Crippen molar-refractivity contribution in [2.75, 3.05) is 6.26 Å². The topological polar surface area (TPSA) is 126 Å². The molecule has 294 valence electrons. The van der Waals surface area contributed by atoms with Crippen LogP contribution in [0.25, 0.3) is 22.0 Å². The summed E-state index contributed by atoms with van der Waals surface area (Å²) in [6, 6.07) is 11.1. The van der Waals surface area contributed by atoms with Gasteiger partial charge in [0.05, 0.1) is 28.2 Å². The summed E-state index contributed by atoms with van der Waals surface area (Å²) < 4.78 is 128. The Morgan fingerprint density at radius 1 is 1.05 bits per heavy atom. The quantitative estimate of drug-likeness (QED) is 0.120. The highest BCUT2D eigenvalue weighted by atomic mass is 32.2. The number of nitrogens with two attached hydrogens (primary N) is 1. The number of halogens is 7. The van der Waals surface area contributed by atoms with Gasteiger partial charge in [-0.05, 0) is 68.4 Å². The van der Waals surface area contributed by atoms with E-state index in [0.717, 1.165) is 18.4 Å². The van der Waals surface area contributed by atoms with Crippen LogP contribution in [0.3, 0.4) is 0 Å². The van der Waals surface area contributed by atoms with Crippen LogP contribution in [-0.2, 0) is 52.5 Å². The number of aromatic nitrogens is 5. The maximum absolute atomic E-state index is 15.4. The number of rotatable bonds is 10. The molecule has 2 N–H and O–H groups in total. The molecule has 0 radical (unpaired) electrons. The second-order valence-electron chi connectivity index (χ2n) is 15.2. The number of Topliss-reactive ketones (excluding diaryl/α,β-unsaturated/α-hetero) is 1. The van der Waals surface area contributed by atoms with E-state index in [1.165, 1.54) is 4.68 Å². The van der Waals surface area contributed by atoms with Crippen LogP contribution >= 0.6 is 0 Å². The first-order valence-corrected chi connectivity index (χ1v) is 19.5. The van der Waals surface area contributed by atoms with Crippen LogP contribution in [0.1, 0.15) is 78.1 Å². The van der Waals surface area contributed by atoms with Gasteiger partial charge in [0.15, 0.2) is 21.3 Å². The lowest BCUT2D eigenvalue weighted by molar-refractivity contribution is -0.142. The number of para-hydroxylation sites is 1. The number of carbonyl (C=O) groups is 1. The summed E-state index contributed by atoms with van der Waals surface area (Å²) in [6.45, 7) is 2.38. The number of fused-ring (bicyclic) bond motifs is 4. The molecule has 3 heterocycles. The van der Waals surface area contributed by atoms with Gasteiger partial charge in [-0.3, -0.25) is 14.2 Å². The van der Waals surface area contributed by atoms with Crippen LogP contribution in [0.5, 0.6) is 0 Å². The number of hydrogen-bond acceptors (Lipinski definition) is 7. The Kier molecular flexibility index (Phi) is 9.47. The fourth-order valence-corrected chi connectivity index (χ4v) is 8.38. The van der Waals surface area contributed by atoms with Crippen molar-refractivity contribution in [3.8, 4) is 23.0 Å². The predicted octanol–water partition coefficient (Wildman–Crippen LogP) is 6.96. The molecule has 2 aliphatic rings. The Morgan fingerprint density at radius 2 is 1.75 bits per heavy atom. The molecule has 0 amide bonds. The highest BCUT2D eigenvalue weighted by molar-refractivity contribution is 7.89. The Balaban J connectivity index is 1.38. The van der Waals surface area contributed by atoms with Crippen molar-refractivity contribution in [3.63, 3.8) is 0 Å². The second-order valence-corrected chi connectivity index (χ2v) is 17.3. The summed E-state index contributed by atoms with van der Waals surface area (Å²) in [5.41, 5.74) is 4.28. The zero-order valence-corrected chi connectivity index (χ0v) is 31.3. The molecule has 0 spiro atoms. The molecule has 9 nitrogen and oxygen atoms in total. The largest absolute Gasteiger partial charge is 0.435 e. The van der Waals surface area contributed by atoms with Gasteiger partial charge in [-0.25, -0.2) is 22.2 Å². The molecule has 3 aromatic heterocycles. The monoisotopic (exact) mass is 800 g/mol. The number of benzene rings is 2. The van der Waals surface area contributed by atoms with Crippen LogP contribution in [-0.4, -0.2) is 50.5 Å². The first kappa shape index (κ1) is 39.2. The van der Waals surface area contributed by atoms with Crippen molar-refractivity contribution in [1.82, 2.24) is 24.5 Å². The Labute approximate surface area is 317 Å². The maximum Gasteiger partial charge on any atom is 0.435 e. The molecule has 7 rings (SSSR count). The normalized spacial score (nSPS) is 18.0. The van der Waals surface area contributed by atoms with E-state index in [4.69, 9.17) is 10.7 Å². The smallest absolute Gasteiger partial charge is 0.316 e. The van der Waals surface area contributed by atoms with E-state index in [2.05, 4.69) is 22.0 Å². The van der Waals surface area contributed by atoms with Crippen molar-refractivity contribution in [3.05, 3.63) is 99.8 Å². The summed E-state index contributed by atoms with van der Waals surface area (Å²) >= 11 is 0. The zero-order chi connectivity index (χ0) is 40.7. The molecule has 0 aliphatic heterocycles. The van der Waals surface area contributed by atoms with E-state index < -0.39 is 92.6 Å². The van der Waals surface area contributed by atoms with E-state index >= 15 is 8.78 Å². The van der Waals surface area contributed by atoms with Gasteiger partial charge in [-0.1, -0.05) is 24.1 Å². The number of pyridine rings is 1. The number of nitrogens with zero attached hydrogens (tertiary/aromatic N) is 5. The summed E-state index contributed by atoms with van der Waals surface area (Å²) in [5.74, 6) is -4.24. The highest BCUT2D eigenvalue weighted by Crippen LogP contribution is 2.68. The number of ketones is 1. The van der Waals surface area contributed by atoms with Crippen LogP contribution in [0.4, 0.5) is 30.7 Å². The van der Waals surface area contributed by atoms with Gasteiger partial charge in [0, 0.05) is 59.7 Å². The molecule has 5 aromatic rings. The van der Waals surface area contributed by atoms with Gasteiger partial charge in [-0.2, -0.15) is 32.1 Å². The first-order chi connectivity index (χ1) is 26.0. The molecular formula is C39H35F7N6O3S. The van der Waals surface area contributed by atoms with Gasteiger partial charge in [0.1, 0.15) is 29.6 Å². The van der Waals surface area contributed by atoms with E-state index in [-0.39, 0.29) is 41.2 Å². The van der Waals surface area contributed by atoms with Crippen molar-refractivity contribution in [2.45, 2.75) is 74.9 Å². The third-order valence-electron chi connectivity index (χ3n) is 9.86. The fourth-order valence-electron chi connectivity index (χ4n) is 7.67. The molecule has 17 heteroatoms. The van der Waals surface area contributed by atoms with Gasteiger partial charge in [0.2, 0.25) is 0 Å². The number of alkyl halides is 5. The van der Waals surface area contributed by atoms with Gasteiger partial charge in [-0.15, -0.1) is 0 Å². The average molecular weight is 801 g/mol. The molecule has 0 saturated heterocycles. The minimum absolute atomic E-state index is 0.104. The molecule has 1 saturated carbocycles. The molecule has 1 fully saturated rings. The summed E-state index contributed by atoms with van der Waals surface area (Å²) in [6.07, 6.45) is -4.85. The average Bonchev–Trinajstić information content (AvgIpc) is 3.61. The standard InChI is InChI=1S/C39H35F7N6O3S/c1-37(2,47)11-10-24-8-9-26(27-6-5-7-28-31(19-56(4,54)55)49-51(3)34(27)28)33(48-24)21(12-20-13-22(40)16-23(41)14-20)15-25(53)18-52-36-32(35(50-52)39(44,45)46)29-17-30(29)38(36,42)43/h5-9,13-14,16,21,29-30H,12,15,17-19,47H2,1-4H3/t21-,29+,30-/m1/s1. The summed E-state index contributed by atoms with van der Waals surface area (Å²) in [7, 11) is -1.89. The van der Waals surface area contributed by atoms with Crippen molar-refractivity contribution in [2.24, 2.45) is 18.7 Å². The van der Waals surface area contributed by atoms with Crippen molar-refractivity contribution >= 4 is 26.5 Å². The van der Waals surface area contributed by atoms with E-state index in [0.29, 0.717) is 32.8 Å². The molecule has 2 aromatic carbocycles. The van der Waals surface area contributed by atoms with Gasteiger partial charge in [0.25, 0.3) is 5.92 Å². The lowest BCUT2D eigenvalue weighted by atomic mass is 9.86. The molecule has 56 heavy (non-hydrogen) atoms. The van der Waals surface area contributed by atoms with Crippen LogP contribution in [0.2, 0.25) is 0 Å². The van der Waals surface area contributed by atoms with Gasteiger partial charge >= 0.3 is 6.18 Å². The van der Waals surface area contributed by atoms with Crippen molar-refractivity contribution < 1.29 is 43.9 Å². The lowest BCUT2D eigenvalue weighted by Crippen LogP contribution is -2.29. The third kappa shape index (κ3) is 7.68. The van der Waals surface area contributed by atoms with Crippen LogP contribution < -0.4 is 5.73 Å². The van der Waals surface area contributed by atoms with Crippen molar-refractivity contribution in [1.29, 1.82) is 0 Å². The predicted molar refractivity (Wildman–Crippen MR) is 192 cm³/mol. The number of aryl methyl sites for hydroxylation is 1. The molecule has 0 bridgehead atoms. The van der Waals surface area contributed by atoms with E-state index in [9.17, 15) is 35.2 Å². The lowest BCUT2D eigenvalue weighted by Gasteiger charge is -2.21.